The number of hydrogen-bond donors (Lipinski definition) is 0. The summed E-state index contributed by atoms with van der Waals surface area (Å²) in [5.74, 6) is 0. The Morgan fingerprint density at radius 1 is 0.327 bits per heavy atom. The highest BCUT2D eigenvalue weighted by molar-refractivity contribution is 6.12. The molecule has 0 fully saturated rings. The maximum Gasteiger partial charge on any atom is 0.0578 e. The normalized spacial score (nSPS) is 12.4. The molecule has 0 saturated heterocycles. The molecule has 10 aromatic rings. The van der Waals surface area contributed by atoms with Gasteiger partial charge in [-0.05, 0) is 59.5 Å². The average Bonchev–Trinajstić information content (AvgIpc) is 3.77. The van der Waals surface area contributed by atoms with Gasteiger partial charge in [-0.15, -0.1) is 0 Å². The van der Waals surface area contributed by atoms with E-state index in [-0.39, 0.29) is 5.41 Å². The maximum atomic E-state index is 2.51. The minimum absolute atomic E-state index is 0.0499. The van der Waals surface area contributed by atoms with Crippen molar-refractivity contribution < 1.29 is 0 Å². The van der Waals surface area contributed by atoms with Gasteiger partial charge in [0.25, 0.3) is 0 Å². The van der Waals surface area contributed by atoms with Gasteiger partial charge >= 0.3 is 0 Å². The SMILES string of the molecule is CC(C)(C)c1cccc2c3ccccc3n(-c3cc(-n4c5ccccc5c5ccccc54)cc(-n4c5ccccc5c5ccccc54)c3)c12. The summed E-state index contributed by atoms with van der Waals surface area (Å²) in [4.78, 5) is 0. The molecular formula is C46H35N3. The number of para-hydroxylation sites is 6. The third-order valence-electron chi connectivity index (χ3n) is 10.3. The summed E-state index contributed by atoms with van der Waals surface area (Å²) in [5.41, 5.74) is 12.0. The first-order chi connectivity index (χ1) is 24.0. The van der Waals surface area contributed by atoms with Gasteiger partial charge in [0, 0.05) is 32.3 Å². The Morgan fingerprint density at radius 3 is 1.02 bits per heavy atom. The summed E-state index contributed by atoms with van der Waals surface area (Å²) in [6, 6.07) is 58.0. The van der Waals surface area contributed by atoms with Crippen LogP contribution in [-0.4, -0.2) is 13.7 Å². The van der Waals surface area contributed by atoms with Crippen molar-refractivity contribution in [1.29, 1.82) is 0 Å². The lowest BCUT2D eigenvalue weighted by Gasteiger charge is -2.23. The first kappa shape index (κ1) is 28.0. The van der Waals surface area contributed by atoms with Gasteiger partial charge in [0.15, 0.2) is 0 Å². The zero-order chi connectivity index (χ0) is 32.9. The van der Waals surface area contributed by atoms with Crippen molar-refractivity contribution in [2.24, 2.45) is 0 Å². The number of rotatable bonds is 3. The van der Waals surface area contributed by atoms with E-state index in [2.05, 4.69) is 192 Å². The van der Waals surface area contributed by atoms with E-state index >= 15 is 0 Å². The molecule has 7 aromatic carbocycles. The quantitative estimate of drug-likeness (QED) is 0.185. The molecule has 49 heavy (non-hydrogen) atoms. The second kappa shape index (κ2) is 10.2. The monoisotopic (exact) mass is 629 g/mol. The van der Waals surface area contributed by atoms with Crippen LogP contribution in [0, 0.1) is 0 Å². The van der Waals surface area contributed by atoms with Crippen molar-refractivity contribution in [3.63, 3.8) is 0 Å². The summed E-state index contributed by atoms with van der Waals surface area (Å²) in [6.07, 6.45) is 0. The van der Waals surface area contributed by atoms with E-state index in [1.807, 2.05) is 0 Å². The predicted molar refractivity (Wildman–Crippen MR) is 208 cm³/mol. The van der Waals surface area contributed by atoms with E-state index in [4.69, 9.17) is 0 Å². The minimum atomic E-state index is -0.0499. The Kier molecular flexibility index (Phi) is 5.84. The summed E-state index contributed by atoms with van der Waals surface area (Å²) in [7, 11) is 0. The van der Waals surface area contributed by atoms with Crippen LogP contribution in [0.15, 0.2) is 158 Å². The van der Waals surface area contributed by atoms with E-state index in [9.17, 15) is 0 Å². The van der Waals surface area contributed by atoms with Crippen LogP contribution in [0.3, 0.4) is 0 Å². The fourth-order valence-electron chi connectivity index (χ4n) is 8.26. The van der Waals surface area contributed by atoms with E-state index in [0.29, 0.717) is 0 Å². The standard InChI is InChI=1S/C46H35N3/c1-46(2,3)39-21-14-20-38-37-19-8-13-26-44(37)49(45(38)39)32-28-30(47-40-22-9-4-15-33(40)34-16-5-10-23-41(34)47)27-31(29-32)48-42-24-11-6-17-35(42)36-18-7-12-25-43(36)48/h4-29H,1-3H3. The lowest BCUT2D eigenvalue weighted by atomic mass is 9.85. The first-order valence-electron chi connectivity index (χ1n) is 17.1. The summed E-state index contributed by atoms with van der Waals surface area (Å²) >= 11 is 0. The number of fused-ring (bicyclic) bond motifs is 9. The molecule has 0 N–H and O–H groups in total. The third kappa shape index (κ3) is 4.02. The molecule has 0 aliphatic heterocycles. The minimum Gasteiger partial charge on any atom is -0.309 e. The van der Waals surface area contributed by atoms with Crippen molar-refractivity contribution in [3.05, 3.63) is 163 Å². The molecule has 0 aliphatic rings. The smallest absolute Gasteiger partial charge is 0.0578 e. The Morgan fingerprint density at radius 2 is 0.633 bits per heavy atom. The van der Waals surface area contributed by atoms with Crippen LogP contribution in [-0.2, 0) is 5.41 Å². The summed E-state index contributed by atoms with van der Waals surface area (Å²) < 4.78 is 7.41. The van der Waals surface area contributed by atoms with E-state index in [1.54, 1.807) is 0 Å². The Hall–Kier alpha value is -6.06. The highest BCUT2D eigenvalue weighted by Crippen LogP contribution is 2.41. The second-order valence-electron chi connectivity index (χ2n) is 14.3. The van der Waals surface area contributed by atoms with Crippen LogP contribution in [0.2, 0.25) is 0 Å². The Balaban J connectivity index is 1.40. The largest absolute Gasteiger partial charge is 0.309 e. The predicted octanol–water partition coefficient (Wildman–Crippen LogP) is 12.3. The molecule has 3 heteroatoms. The molecule has 3 heterocycles. The molecule has 0 atom stereocenters. The van der Waals surface area contributed by atoms with Crippen molar-refractivity contribution in [2.45, 2.75) is 26.2 Å². The number of hydrogen-bond acceptors (Lipinski definition) is 0. The fraction of sp³-hybridized carbons (Fsp3) is 0.0870. The zero-order valence-electron chi connectivity index (χ0n) is 27.9. The zero-order valence-corrected chi connectivity index (χ0v) is 27.9. The van der Waals surface area contributed by atoms with Gasteiger partial charge in [0.05, 0.1) is 50.2 Å². The van der Waals surface area contributed by atoms with Crippen LogP contribution >= 0.6 is 0 Å². The molecule has 0 amide bonds. The molecule has 3 nitrogen and oxygen atoms in total. The van der Waals surface area contributed by atoms with Gasteiger partial charge in [0.2, 0.25) is 0 Å². The van der Waals surface area contributed by atoms with E-state index in [0.717, 1.165) is 17.1 Å². The van der Waals surface area contributed by atoms with Gasteiger partial charge in [-0.1, -0.05) is 130 Å². The van der Waals surface area contributed by atoms with Crippen molar-refractivity contribution in [1.82, 2.24) is 13.7 Å². The Labute approximate surface area is 284 Å². The van der Waals surface area contributed by atoms with Crippen LogP contribution in [0.25, 0.3) is 82.5 Å². The Bertz CT molecular complexity index is 2680. The second-order valence-corrected chi connectivity index (χ2v) is 14.3. The highest BCUT2D eigenvalue weighted by atomic mass is 15.0. The van der Waals surface area contributed by atoms with Crippen LogP contribution < -0.4 is 0 Å². The molecule has 10 rings (SSSR count). The highest BCUT2D eigenvalue weighted by Gasteiger charge is 2.24. The van der Waals surface area contributed by atoms with Crippen molar-refractivity contribution >= 4 is 65.4 Å². The van der Waals surface area contributed by atoms with Gasteiger partial charge < -0.3 is 13.7 Å². The van der Waals surface area contributed by atoms with Crippen LogP contribution in [0.4, 0.5) is 0 Å². The van der Waals surface area contributed by atoms with Gasteiger partial charge in [-0.2, -0.15) is 0 Å². The van der Waals surface area contributed by atoms with E-state index in [1.165, 1.54) is 71.0 Å². The number of benzene rings is 7. The third-order valence-corrected chi connectivity index (χ3v) is 10.3. The topological polar surface area (TPSA) is 14.8 Å². The average molecular weight is 630 g/mol. The molecule has 0 bridgehead atoms. The van der Waals surface area contributed by atoms with Crippen molar-refractivity contribution in [3.8, 4) is 17.1 Å². The van der Waals surface area contributed by atoms with Crippen molar-refractivity contribution in [2.75, 3.05) is 0 Å². The lowest BCUT2D eigenvalue weighted by molar-refractivity contribution is 0.594. The fourth-order valence-corrected chi connectivity index (χ4v) is 8.26. The summed E-state index contributed by atoms with van der Waals surface area (Å²) in [5, 5.41) is 7.58. The molecule has 0 unspecified atom stereocenters. The number of aromatic nitrogens is 3. The number of nitrogens with zero attached hydrogens (tertiary/aromatic N) is 3. The van der Waals surface area contributed by atoms with Gasteiger partial charge in [-0.3, -0.25) is 0 Å². The van der Waals surface area contributed by atoms with Gasteiger partial charge in [-0.25, -0.2) is 0 Å². The molecule has 0 aliphatic carbocycles. The summed E-state index contributed by atoms with van der Waals surface area (Å²) in [6.45, 7) is 6.96. The molecule has 0 spiro atoms. The van der Waals surface area contributed by atoms with Gasteiger partial charge in [0.1, 0.15) is 0 Å². The molecule has 0 radical (unpaired) electrons. The van der Waals surface area contributed by atoms with E-state index < -0.39 is 0 Å². The molecule has 234 valence electrons. The first-order valence-corrected chi connectivity index (χ1v) is 17.1. The molecule has 0 saturated carbocycles. The van der Waals surface area contributed by atoms with Crippen LogP contribution in [0.1, 0.15) is 26.3 Å². The lowest BCUT2D eigenvalue weighted by Crippen LogP contribution is -2.13. The maximum absolute atomic E-state index is 2.51. The molecular weight excluding hydrogens is 595 g/mol. The van der Waals surface area contributed by atoms with Crippen LogP contribution in [0.5, 0.6) is 0 Å². The molecule has 3 aromatic heterocycles.